The smallest absolute Gasteiger partial charge is 0.224 e. The number of aryl methyl sites for hydroxylation is 2. The molecule has 0 saturated carbocycles. The molecule has 29 heavy (non-hydrogen) atoms. The molecule has 0 unspecified atom stereocenters. The summed E-state index contributed by atoms with van der Waals surface area (Å²) >= 11 is 1.81. The molecule has 0 aliphatic carbocycles. The Morgan fingerprint density at radius 1 is 0.966 bits per heavy atom. The summed E-state index contributed by atoms with van der Waals surface area (Å²) in [5.41, 5.74) is 4.42. The van der Waals surface area contributed by atoms with Crippen molar-refractivity contribution in [2.24, 2.45) is 0 Å². The van der Waals surface area contributed by atoms with E-state index >= 15 is 0 Å². The molecule has 1 amide bonds. The largest absolute Gasteiger partial charge is 0.494 e. The Kier molecular flexibility index (Phi) is 7.77. The average Bonchev–Trinajstić information content (AvgIpc) is 2.73. The van der Waals surface area contributed by atoms with Gasteiger partial charge in [-0.2, -0.15) is 0 Å². The fraction of sp³-hybridized carbons (Fsp3) is 0.240. The van der Waals surface area contributed by atoms with Crippen molar-refractivity contribution in [3.8, 4) is 5.75 Å². The summed E-state index contributed by atoms with van der Waals surface area (Å²) in [7, 11) is 0. The SMILES string of the molecule is Cc1ccc(OCCCC(=O)Nc2ccc(CSc3ccccc3)cc2C)cc1. The lowest BCUT2D eigenvalue weighted by Gasteiger charge is -2.11. The zero-order valence-corrected chi connectivity index (χ0v) is 17.8. The van der Waals surface area contributed by atoms with Crippen LogP contribution >= 0.6 is 11.8 Å². The normalized spacial score (nSPS) is 10.6. The van der Waals surface area contributed by atoms with E-state index in [1.807, 2.05) is 62.0 Å². The minimum Gasteiger partial charge on any atom is -0.494 e. The summed E-state index contributed by atoms with van der Waals surface area (Å²) < 4.78 is 5.68. The van der Waals surface area contributed by atoms with Crippen molar-refractivity contribution < 1.29 is 9.53 Å². The molecule has 3 nitrogen and oxygen atoms in total. The highest BCUT2D eigenvalue weighted by atomic mass is 32.2. The molecule has 0 bridgehead atoms. The van der Waals surface area contributed by atoms with Crippen LogP contribution in [-0.2, 0) is 10.5 Å². The number of thioether (sulfide) groups is 1. The summed E-state index contributed by atoms with van der Waals surface area (Å²) in [6, 6.07) is 24.5. The van der Waals surface area contributed by atoms with Gasteiger partial charge in [-0.3, -0.25) is 4.79 Å². The van der Waals surface area contributed by atoms with Crippen LogP contribution in [0.5, 0.6) is 5.75 Å². The third-order valence-electron chi connectivity index (χ3n) is 4.55. The molecular weight excluding hydrogens is 378 g/mol. The molecule has 3 aromatic rings. The molecule has 0 radical (unpaired) electrons. The van der Waals surface area contributed by atoms with Crippen molar-refractivity contribution >= 4 is 23.4 Å². The maximum Gasteiger partial charge on any atom is 0.224 e. The maximum atomic E-state index is 12.2. The fourth-order valence-electron chi connectivity index (χ4n) is 2.91. The Hall–Kier alpha value is -2.72. The van der Waals surface area contributed by atoms with Gasteiger partial charge in [-0.25, -0.2) is 0 Å². The Balaban J connectivity index is 1.42. The van der Waals surface area contributed by atoms with Crippen molar-refractivity contribution in [1.29, 1.82) is 0 Å². The summed E-state index contributed by atoms with van der Waals surface area (Å²) in [5.74, 6) is 1.78. The summed E-state index contributed by atoms with van der Waals surface area (Å²) in [4.78, 5) is 13.5. The fourth-order valence-corrected chi connectivity index (χ4v) is 3.77. The third kappa shape index (κ3) is 6.99. The number of carbonyl (C=O) groups excluding carboxylic acids is 1. The topological polar surface area (TPSA) is 38.3 Å². The average molecular weight is 406 g/mol. The summed E-state index contributed by atoms with van der Waals surface area (Å²) in [6.45, 7) is 4.61. The van der Waals surface area contributed by atoms with Gasteiger partial charge in [0.05, 0.1) is 6.61 Å². The molecule has 0 saturated heterocycles. The second-order valence-corrected chi connectivity index (χ2v) is 8.11. The van der Waals surface area contributed by atoms with Gasteiger partial charge in [0.25, 0.3) is 0 Å². The Morgan fingerprint density at radius 3 is 2.45 bits per heavy atom. The molecule has 0 aliphatic rings. The minimum atomic E-state index is 0.0204. The molecule has 0 heterocycles. The molecule has 1 N–H and O–H groups in total. The highest BCUT2D eigenvalue weighted by Gasteiger charge is 2.06. The maximum absolute atomic E-state index is 12.2. The molecular formula is C25H27NO2S. The second-order valence-electron chi connectivity index (χ2n) is 7.06. The van der Waals surface area contributed by atoms with Crippen molar-refractivity contribution in [2.75, 3.05) is 11.9 Å². The van der Waals surface area contributed by atoms with Gasteiger partial charge >= 0.3 is 0 Å². The van der Waals surface area contributed by atoms with Gasteiger partial charge in [0.1, 0.15) is 5.75 Å². The Labute approximate surface area is 177 Å². The number of benzene rings is 3. The number of hydrogen-bond donors (Lipinski definition) is 1. The third-order valence-corrected chi connectivity index (χ3v) is 5.63. The van der Waals surface area contributed by atoms with E-state index in [0.29, 0.717) is 19.4 Å². The zero-order chi connectivity index (χ0) is 20.5. The Bertz CT molecular complexity index is 923. The van der Waals surface area contributed by atoms with Crippen molar-refractivity contribution in [3.05, 3.63) is 89.5 Å². The molecule has 3 aromatic carbocycles. The van der Waals surface area contributed by atoms with Crippen LogP contribution < -0.4 is 10.1 Å². The van der Waals surface area contributed by atoms with Crippen LogP contribution in [0.4, 0.5) is 5.69 Å². The second kappa shape index (κ2) is 10.7. The Morgan fingerprint density at radius 2 is 1.72 bits per heavy atom. The number of carbonyl (C=O) groups is 1. The summed E-state index contributed by atoms with van der Waals surface area (Å²) in [6.07, 6.45) is 1.13. The molecule has 150 valence electrons. The van der Waals surface area contributed by atoms with Crippen LogP contribution in [0, 0.1) is 13.8 Å². The first-order valence-electron chi connectivity index (χ1n) is 9.87. The van der Waals surface area contributed by atoms with E-state index in [4.69, 9.17) is 4.74 Å². The number of hydrogen-bond acceptors (Lipinski definition) is 3. The van der Waals surface area contributed by atoms with Crippen molar-refractivity contribution in [3.63, 3.8) is 0 Å². The monoisotopic (exact) mass is 405 g/mol. The number of ether oxygens (including phenoxy) is 1. The van der Waals surface area contributed by atoms with Crippen LogP contribution in [0.2, 0.25) is 0 Å². The number of anilines is 1. The zero-order valence-electron chi connectivity index (χ0n) is 17.0. The first-order chi connectivity index (χ1) is 14.1. The van der Waals surface area contributed by atoms with E-state index < -0.39 is 0 Å². The number of nitrogens with one attached hydrogen (secondary N) is 1. The van der Waals surface area contributed by atoms with Crippen molar-refractivity contribution in [2.45, 2.75) is 37.3 Å². The lowest BCUT2D eigenvalue weighted by molar-refractivity contribution is -0.116. The van der Waals surface area contributed by atoms with E-state index in [-0.39, 0.29) is 5.91 Å². The van der Waals surface area contributed by atoms with Gasteiger partial charge in [0.2, 0.25) is 5.91 Å². The molecule has 0 aliphatic heterocycles. The van der Waals surface area contributed by atoms with Gasteiger partial charge in [-0.05, 0) is 61.7 Å². The van der Waals surface area contributed by atoms with E-state index in [1.165, 1.54) is 16.0 Å². The van der Waals surface area contributed by atoms with Crippen LogP contribution in [0.3, 0.4) is 0 Å². The van der Waals surface area contributed by atoms with E-state index in [9.17, 15) is 4.79 Å². The van der Waals surface area contributed by atoms with Crippen molar-refractivity contribution in [1.82, 2.24) is 0 Å². The molecule has 0 atom stereocenters. The van der Waals surface area contributed by atoms with E-state index in [0.717, 1.165) is 22.8 Å². The van der Waals surface area contributed by atoms with Crippen LogP contribution in [-0.4, -0.2) is 12.5 Å². The minimum absolute atomic E-state index is 0.0204. The van der Waals surface area contributed by atoms with Gasteiger partial charge < -0.3 is 10.1 Å². The van der Waals surface area contributed by atoms with Gasteiger partial charge in [-0.15, -0.1) is 11.8 Å². The van der Waals surface area contributed by atoms with Crippen LogP contribution in [0.1, 0.15) is 29.5 Å². The molecule has 4 heteroatoms. The molecule has 3 rings (SSSR count). The number of rotatable bonds is 9. The lowest BCUT2D eigenvalue weighted by Crippen LogP contribution is -2.13. The first-order valence-corrected chi connectivity index (χ1v) is 10.9. The predicted molar refractivity (Wildman–Crippen MR) is 122 cm³/mol. The number of amides is 1. The molecule has 0 spiro atoms. The summed E-state index contributed by atoms with van der Waals surface area (Å²) in [5, 5.41) is 3.02. The van der Waals surface area contributed by atoms with Crippen LogP contribution in [0.15, 0.2) is 77.7 Å². The highest BCUT2D eigenvalue weighted by Crippen LogP contribution is 2.25. The predicted octanol–water partition coefficient (Wildman–Crippen LogP) is 6.39. The van der Waals surface area contributed by atoms with E-state index in [1.54, 1.807) is 0 Å². The van der Waals surface area contributed by atoms with Gasteiger partial charge in [-0.1, -0.05) is 48.0 Å². The quantitative estimate of drug-likeness (QED) is 0.331. The highest BCUT2D eigenvalue weighted by molar-refractivity contribution is 7.98. The van der Waals surface area contributed by atoms with Gasteiger partial charge in [0, 0.05) is 22.8 Å². The first kappa shape index (κ1) is 21.0. The molecule has 0 aromatic heterocycles. The van der Waals surface area contributed by atoms with Gasteiger partial charge in [0.15, 0.2) is 0 Å². The van der Waals surface area contributed by atoms with E-state index in [2.05, 4.69) is 41.7 Å². The molecule has 0 fully saturated rings. The van der Waals surface area contributed by atoms with Crippen LogP contribution in [0.25, 0.3) is 0 Å². The standard InChI is InChI=1S/C25H27NO2S/c1-19-10-13-22(14-11-19)28-16-6-9-25(27)26-24-15-12-21(17-20(24)2)18-29-23-7-4-3-5-8-23/h3-5,7-8,10-15,17H,6,9,16,18H2,1-2H3,(H,26,27). The lowest BCUT2D eigenvalue weighted by atomic mass is 10.1.